The Morgan fingerprint density at radius 1 is 0.872 bits per heavy atom. The Balaban J connectivity index is 2.05. The van der Waals surface area contributed by atoms with Gasteiger partial charge in [-0.2, -0.15) is 0 Å². The van der Waals surface area contributed by atoms with E-state index in [9.17, 15) is 18.0 Å². The van der Waals surface area contributed by atoms with Crippen molar-refractivity contribution in [3.63, 3.8) is 0 Å². The summed E-state index contributed by atoms with van der Waals surface area (Å²) in [5.74, 6) is -0.818. The molecule has 0 radical (unpaired) electrons. The normalized spacial score (nSPS) is 12.2. The van der Waals surface area contributed by atoms with E-state index in [2.05, 4.69) is 5.32 Å². The topological polar surface area (TPSA) is 86.8 Å². The summed E-state index contributed by atoms with van der Waals surface area (Å²) in [6, 6.07) is 17.8. The molecule has 0 bridgehead atoms. The average molecular weight is 570 g/mol. The van der Waals surface area contributed by atoms with Crippen LogP contribution in [0.3, 0.4) is 0 Å². The van der Waals surface area contributed by atoms with E-state index in [0.717, 1.165) is 26.6 Å². The molecule has 1 atom stereocenters. The first-order chi connectivity index (χ1) is 18.3. The van der Waals surface area contributed by atoms with Gasteiger partial charge in [0.1, 0.15) is 12.6 Å². The average Bonchev–Trinajstić information content (AvgIpc) is 2.88. The summed E-state index contributed by atoms with van der Waals surface area (Å²) in [4.78, 5) is 28.3. The van der Waals surface area contributed by atoms with Crippen LogP contribution in [0.4, 0.5) is 5.69 Å². The van der Waals surface area contributed by atoms with E-state index in [1.54, 1.807) is 19.1 Å². The number of anilines is 1. The Bertz CT molecular complexity index is 1420. The number of hydrogen-bond acceptors (Lipinski definition) is 4. The maximum Gasteiger partial charge on any atom is 0.264 e. The van der Waals surface area contributed by atoms with E-state index in [1.807, 2.05) is 65.0 Å². The van der Waals surface area contributed by atoms with Crippen LogP contribution in [0.5, 0.6) is 0 Å². The highest BCUT2D eigenvalue weighted by molar-refractivity contribution is 7.92. The lowest BCUT2D eigenvalue weighted by Gasteiger charge is -2.32. The highest BCUT2D eigenvalue weighted by Crippen LogP contribution is 2.27. The van der Waals surface area contributed by atoms with E-state index in [4.69, 9.17) is 11.6 Å². The number of halogens is 1. The summed E-state index contributed by atoms with van der Waals surface area (Å²) in [6.45, 7) is 10.8. The van der Waals surface area contributed by atoms with Gasteiger partial charge in [-0.05, 0) is 94.6 Å². The highest BCUT2D eigenvalue weighted by Gasteiger charge is 2.32. The maximum absolute atomic E-state index is 13.9. The minimum Gasteiger partial charge on any atom is -0.352 e. The predicted octanol–water partition coefficient (Wildman–Crippen LogP) is 5.40. The van der Waals surface area contributed by atoms with Crippen molar-refractivity contribution in [2.75, 3.05) is 10.8 Å². The zero-order valence-corrected chi connectivity index (χ0v) is 24.8. The molecule has 1 N–H and O–H groups in total. The Morgan fingerprint density at radius 3 is 2.05 bits per heavy atom. The lowest BCUT2D eigenvalue weighted by molar-refractivity contribution is -0.139. The van der Waals surface area contributed by atoms with Gasteiger partial charge >= 0.3 is 0 Å². The molecule has 0 saturated carbocycles. The molecular formula is C30H36ClN3O4S. The van der Waals surface area contributed by atoms with Crippen LogP contribution in [0.1, 0.15) is 43.0 Å². The smallest absolute Gasteiger partial charge is 0.264 e. The molecule has 0 aliphatic heterocycles. The Labute approximate surface area is 236 Å². The zero-order valence-electron chi connectivity index (χ0n) is 23.2. The van der Waals surface area contributed by atoms with Crippen molar-refractivity contribution < 1.29 is 18.0 Å². The van der Waals surface area contributed by atoms with Crippen LogP contribution in [0.25, 0.3) is 0 Å². The Hall–Kier alpha value is -3.36. The van der Waals surface area contributed by atoms with Crippen molar-refractivity contribution in [1.29, 1.82) is 0 Å². The number of carbonyl (C=O) groups is 2. The summed E-state index contributed by atoms with van der Waals surface area (Å²) in [5, 5.41) is 3.26. The van der Waals surface area contributed by atoms with E-state index < -0.39 is 28.5 Å². The van der Waals surface area contributed by atoms with Crippen molar-refractivity contribution in [3.05, 3.63) is 94.0 Å². The third kappa shape index (κ3) is 7.61. The molecule has 7 nitrogen and oxygen atoms in total. The number of rotatable bonds is 10. The van der Waals surface area contributed by atoms with E-state index >= 15 is 0 Å². The number of carbonyl (C=O) groups excluding carboxylic acids is 2. The number of aryl methyl sites for hydroxylation is 3. The summed E-state index contributed by atoms with van der Waals surface area (Å²) < 4.78 is 28.8. The van der Waals surface area contributed by atoms with Crippen molar-refractivity contribution in [2.24, 2.45) is 0 Å². The largest absolute Gasteiger partial charge is 0.352 e. The monoisotopic (exact) mass is 569 g/mol. The van der Waals surface area contributed by atoms with Gasteiger partial charge in [0.25, 0.3) is 10.0 Å². The molecular weight excluding hydrogens is 534 g/mol. The van der Waals surface area contributed by atoms with Crippen LogP contribution in [0, 0.1) is 20.8 Å². The van der Waals surface area contributed by atoms with Crippen LogP contribution < -0.4 is 9.62 Å². The summed E-state index contributed by atoms with van der Waals surface area (Å²) >= 11 is 6.00. The molecule has 9 heteroatoms. The van der Waals surface area contributed by atoms with Crippen molar-refractivity contribution >= 4 is 39.1 Å². The molecule has 0 saturated heterocycles. The van der Waals surface area contributed by atoms with Crippen LogP contribution in [-0.2, 0) is 26.2 Å². The molecule has 0 heterocycles. The summed E-state index contributed by atoms with van der Waals surface area (Å²) in [7, 11) is -4.15. The van der Waals surface area contributed by atoms with Crippen LogP contribution in [-0.4, -0.2) is 43.8 Å². The Morgan fingerprint density at radius 2 is 1.49 bits per heavy atom. The van der Waals surface area contributed by atoms with E-state index in [1.165, 1.54) is 29.2 Å². The molecule has 39 heavy (non-hydrogen) atoms. The van der Waals surface area contributed by atoms with Gasteiger partial charge < -0.3 is 10.2 Å². The fraction of sp³-hybridized carbons (Fsp3) is 0.333. The molecule has 3 rings (SSSR count). The second kappa shape index (κ2) is 12.7. The second-order valence-corrected chi connectivity index (χ2v) is 12.4. The number of nitrogens with one attached hydrogen (secondary N) is 1. The highest BCUT2D eigenvalue weighted by atomic mass is 35.5. The molecule has 0 fully saturated rings. The third-order valence-corrected chi connectivity index (χ3v) is 8.57. The minimum atomic E-state index is -4.15. The van der Waals surface area contributed by atoms with Crippen LogP contribution in [0.2, 0.25) is 5.02 Å². The molecule has 0 spiro atoms. The Kier molecular flexibility index (Phi) is 9.80. The number of benzene rings is 3. The maximum atomic E-state index is 13.9. The predicted molar refractivity (Wildman–Crippen MR) is 156 cm³/mol. The van der Waals surface area contributed by atoms with Gasteiger partial charge in [-0.15, -0.1) is 0 Å². The van der Waals surface area contributed by atoms with Gasteiger partial charge in [-0.1, -0.05) is 47.5 Å². The molecule has 208 valence electrons. The molecule has 0 unspecified atom stereocenters. The number of amides is 2. The second-order valence-electron chi connectivity index (χ2n) is 10.1. The van der Waals surface area contributed by atoms with Gasteiger partial charge in [0.2, 0.25) is 11.8 Å². The van der Waals surface area contributed by atoms with Crippen molar-refractivity contribution in [1.82, 2.24) is 10.2 Å². The first-order valence-electron chi connectivity index (χ1n) is 12.8. The number of sulfonamides is 1. The lowest BCUT2D eigenvalue weighted by atomic mass is 10.1. The molecule has 0 aliphatic rings. The molecule has 3 aromatic carbocycles. The molecule has 2 amide bonds. The zero-order chi connectivity index (χ0) is 28.9. The first-order valence-corrected chi connectivity index (χ1v) is 14.6. The molecule has 0 aromatic heterocycles. The van der Waals surface area contributed by atoms with Gasteiger partial charge in [-0.3, -0.25) is 13.9 Å². The lowest BCUT2D eigenvalue weighted by Crippen LogP contribution is -2.52. The quantitative estimate of drug-likeness (QED) is 0.354. The standard InChI is InChI=1S/C30H36ClN3O4S/c1-20(2)32-30(36)24(6)33(18-25-10-7-21(3)8-11-25)29(35)19-34(27-14-9-22(4)23(5)17-27)39(37,38)28-15-12-26(31)13-16-28/h7-17,20,24H,18-19H2,1-6H3,(H,32,36)/t24-/m0/s1. The van der Waals surface area contributed by atoms with Crippen LogP contribution >= 0.6 is 11.6 Å². The first kappa shape index (κ1) is 30.2. The SMILES string of the molecule is Cc1ccc(CN(C(=O)CN(c2ccc(C)c(C)c2)S(=O)(=O)c2ccc(Cl)cc2)[C@@H](C)C(=O)NC(C)C)cc1. The fourth-order valence-corrected chi connectivity index (χ4v) is 5.55. The summed E-state index contributed by atoms with van der Waals surface area (Å²) in [6.07, 6.45) is 0. The number of hydrogen-bond donors (Lipinski definition) is 1. The van der Waals surface area contributed by atoms with Crippen molar-refractivity contribution in [2.45, 2.75) is 65.1 Å². The van der Waals surface area contributed by atoms with Gasteiger partial charge in [0.05, 0.1) is 10.6 Å². The van der Waals surface area contributed by atoms with Gasteiger partial charge in [0.15, 0.2) is 0 Å². The van der Waals surface area contributed by atoms with Gasteiger partial charge in [-0.25, -0.2) is 8.42 Å². The van der Waals surface area contributed by atoms with Crippen LogP contribution in [0.15, 0.2) is 71.6 Å². The fourth-order valence-electron chi connectivity index (χ4n) is 4.02. The summed E-state index contributed by atoms with van der Waals surface area (Å²) in [5.41, 5.74) is 4.14. The van der Waals surface area contributed by atoms with Crippen molar-refractivity contribution in [3.8, 4) is 0 Å². The van der Waals surface area contributed by atoms with E-state index in [-0.39, 0.29) is 23.4 Å². The third-order valence-electron chi connectivity index (χ3n) is 6.53. The molecule has 3 aromatic rings. The number of nitrogens with zero attached hydrogens (tertiary/aromatic N) is 2. The minimum absolute atomic E-state index is 0.00797. The molecule has 0 aliphatic carbocycles. The van der Waals surface area contributed by atoms with Gasteiger partial charge in [0, 0.05) is 17.6 Å². The van der Waals surface area contributed by atoms with E-state index in [0.29, 0.717) is 10.7 Å².